The van der Waals surface area contributed by atoms with Crippen molar-refractivity contribution >= 4 is 5.78 Å². The zero-order valence-electron chi connectivity index (χ0n) is 11.0. The van der Waals surface area contributed by atoms with E-state index < -0.39 is 11.7 Å². The molecule has 0 radical (unpaired) electrons. The van der Waals surface area contributed by atoms with Crippen LogP contribution in [0.25, 0.3) is 0 Å². The van der Waals surface area contributed by atoms with Crippen molar-refractivity contribution in [3.05, 3.63) is 52.8 Å². The van der Waals surface area contributed by atoms with Gasteiger partial charge in [-0.3, -0.25) is 9.48 Å². The lowest BCUT2D eigenvalue weighted by molar-refractivity contribution is -0.137. The predicted octanol–water partition coefficient (Wildman–Crippen LogP) is 3.23. The smallest absolute Gasteiger partial charge is 0.287 e. The lowest BCUT2D eigenvalue weighted by Crippen LogP contribution is -2.09. The lowest BCUT2D eigenvalue weighted by atomic mass is 10.1. The predicted molar refractivity (Wildman–Crippen MR) is 67.5 cm³/mol. The Labute approximate surface area is 114 Å². The second-order valence-corrected chi connectivity index (χ2v) is 4.40. The Kier molecular flexibility index (Phi) is 3.65. The molecular weight excluding hydrogens is 269 g/mol. The van der Waals surface area contributed by atoms with E-state index in [1.807, 2.05) is 6.92 Å². The molecule has 2 aromatic rings. The van der Waals surface area contributed by atoms with Crippen molar-refractivity contribution in [1.29, 1.82) is 0 Å². The summed E-state index contributed by atoms with van der Waals surface area (Å²) in [6, 6.07) is 5.84. The van der Waals surface area contributed by atoms with Crippen molar-refractivity contribution in [1.82, 2.24) is 9.78 Å². The summed E-state index contributed by atoms with van der Waals surface area (Å²) in [4.78, 5) is 12.2. The maximum Gasteiger partial charge on any atom is 0.416 e. The summed E-state index contributed by atoms with van der Waals surface area (Å²) in [7, 11) is 1.64. The van der Waals surface area contributed by atoms with Crippen LogP contribution in [-0.2, 0) is 19.6 Å². The average molecular weight is 282 g/mol. The molecule has 0 aliphatic rings. The van der Waals surface area contributed by atoms with Crippen LogP contribution in [-0.4, -0.2) is 15.6 Å². The molecule has 1 aromatic carbocycles. The molecule has 6 heteroatoms. The molecule has 0 N–H and O–H groups in total. The van der Waals surface area contributed by atoms with Crippen LogP contribution in [0.2, 0.25) is 0 Å². The number of alkyl halides is 3. The Morgan fingerprint density at radius 3 is 2.30 bits per heavy atom. The fourth-order valence-electron chi connectivity index (χ4n) is 1.87. The van der Waals surface area contributed by atoms with Crippen LogP contribution >= 0.6 is 0 Å². The number of carbonyl (C=O) groups is 1. The number of hydrogen-bond acceptors (Lipinski definition) is 2. The van der Waals surface area contributed by atoms with E-state index in [-0.39, 0.29) is 11.3 Å². The molecule has 0 amide bonds. The molecule has 0 fully saturated rings. The maximum absolute atomic E-state index is 12.5. The zero-order chi connectivity index (χ0) is 14.9. The van der Waals surface area contributed by atoms with Gasteiger partial charge in [-0.15, -0.1) is 0 Å². The van der Waals surface area contributed by atoms with Crippen LogP contribution < -0.4 is 0 Å². The second kappa shape index (κ2) is 5.11. The van der Waals surface area contributed by atoms with E-state index in [9.17, 15) is 18.0 Å². The van der Waals surface area contributed by atoms with Gasteiger partial charge < -0.3 is 0 Å². The van der Waals surface area contributed by atoms with E-state index in [1.54, 1.807) is 13.1 Å². The minimum Gasteiger partial charge on any atom is -0.287 e. The number of aromatic nitrogens is 2. The van der Waals surface area contributed by atoms with Crippen LogP contribution in [0.1, 0.15) is 34.2 Å². The molecule has 3 nitrogen and oxygen atoms in total. The van der Waals surface area contributed by atoms with E-state index in [2.05, 4.69) is 5.10 Å². The molecule has 0 aliphatic carbocycles. The number of hydrogen-bond donors (Lipinski definition) is 0. The first kappa shape index (κ1) is 14.3. The quantitative estimate of drug-likeness (QED) is 0.810. The molecule has 0 bridgehead atoms. The lowest BCUT2D eigenvalue weighted by Gasteiger charge is -2.07. The molecule has 0 aliphatic heterocycles. The van der Waals surface area contributed by atoms with Gasteiger partial charge in [0.2, 0.25) is 5.78 Å². The van der Waals surface area contributed by atoms with Gasteiger partial charge in [0.25, 0.3) is 0 Å². The van der Waals surface area contributed by atoms with Crippen molar-refractivity contribution in [2.24, 2.45) is 7.05 Å². The molecule has 0 saturated heterocycles. The molecule has 1 aromatic heterocycles. The normalized spacial score (nSPS) is 11.7. The minimum absolute atomic E-state index is 0.212. The third-order valence-corrected chi connectivity index (χ3v) is 3.00. The second-order valence-electron chi connectivity index (χ2n) is 4.40. The molecule has 0 atom stereocenters. The van der Waals surface area contributed by atoms with Gasteiger partial charge in [0.1, 0.15) is 5.69 Å². The van der Waals surface area contributed by atoms with Crippen LogP contribution in [0, 0.1) is 0 Å². The summed E-state index contributed by atoms with van der Waals surface area (Å²) in [5, 5.41) is 4.15. The van der Waals surface area contributed by atoms with E-state index in [0.717, 1.165) is 17.8 Å². The van der Waals surface area contributed by atoms with E-state index in [1.165, 1.54) is 16.8 Å². The zero-order valence-corrected chi connectivity index (χ0v) is 11.0. The van der Waals surface area contributed by atoms with E-state index >= 15 is 0 Å². The van der Waals surface area contributed by atoms with Gasteiger partial charge >= 0.3 is 6.18 Å². The Morgan fingerprint density at radius 2 is 1.85 bits per heavy atom. The SMILES string of the molecule is CCc1cc(C(=O)c2ccc(C(F)(F)F)cc2)n(C)n1. The van der Waals surface area contributed by atoms with Gasteiger partial charge in [-0.05, 0) is 24.6 Å². The monoisotopic (exact) mass is 282 g/mol. The summed E-state index contributed by atoms with van der Waals surface area (Å²) in [6.45, 7) is 1.91. The molecule has 0 unspecified atom stereocenters. The van der Waals surface area contributed by atoms with Gasteiger partial charge in [0.05, 0.1) is 11.3 Å². The van der Waals surface area contributed by atoms with E-state index in [0.29, 0.717) is 12.1 Å². The third-order valence-electron chi connectivity index (χ3n) is 3.00. The molecule has 2 rings (SSSR count). The number of rotatable bonds is 3. The van der Waals surface area contributed by atoms with Crippen molar-refractivity contribution in [2.75, 3.05) is 0 Å². The average Bonchev–Trinajstić information content (AvgIpc) is 2.78. The third kappa shape index (κ3) is 2.74. The first-order chi connectivity index (χ1) is 9.32. The number of benzene rings is 1. The molecule has 20 heavy (non-hydrogen) atoms. The standard InChI is InChI=1S/C14H13F3N2O/c1-3-11-8-12(19(2)18-11)13(20)9-4-6-10(7-5-9)14(15,16)17/h4-8H,3H2,1-2H3. The van der Waals surface area contributed by atoms with Crippen LogP contribution in [0.4, 0.5) is 13.2 Å². The molecular formula is C14H13F3N2O. The number of aryl methyl sites for hydroxylation is 2. The van der Waals surface area contributed by atoms with Crippen LogP contribution in [0.15, 0.2) is 30.3 Å². The van der Waals surface area contributed by atoms with Crippen molar-refractivity contribution < 1.29 is 18.0 Å². The van der Waals surface area contributed by atoms with Crippen LogP contribution in [0.3, 0.4) is 0 Å². The van der Waals surface area contributed by atoms with Gasteiger partial charge in [0.15, 0.2) is 0 Å². The van der Waals surface area contributed by atoms with Crippen molar-refractivity contribution in [2.45, 2.75) is 19.5 Å². The summed E-state index contributed by atoms with van der Waals surface area (Å²) in [6.07, 6.45) is -3.71. The van der Waals surface area contributed by atoms with Gasteiger partial charge in [-0.2, -0.15) is 18.3 Å². The first-order valence-electron chi connectivity index (χ1n) is 6.07. The summed E-state index contributed by atoms with van der Waals surface area (Å²) in [5.74, 6) is -0.339. The number of nitrogens with zero attached hydrogens (tertiary/aromatic N) is 2. The van der Waals surface area contributed by atoms with Gasteiger partial charge in [-0.1, -0.05) is 19.1 Å². The molecule has 106 valence electrons. The molecule has 1 heterocycles. The number of carbonyl (C=O) groups excluding carboxylic acids is 1. The first-order valence-corrected chi connectivity index (χ1v) is 6.07. The molecule has 0 saturated carbocycles. The summed E-state index contributed by atoms with van der Waals surface area (Å²) in [5.41, 5.74) is 0.571. The minimum atomic E-state index is -4.40. The highest BCUT2D eigenvalue weighted by atomic mass is 19.4. The van der Waals surface area contributed by atoms with E-state index in [4.69, 9.17) is 0 Å². The number of halogens is 3. The largest absolute Gasteiger partial charge is 0.416 e. The molecule has 0 spiro atoms. The van der Waals surface area contributed by atoms with Crippen molar-refractivity contribution in [3.8, 4) is 0 Å². The highest BCUT2D eigenvalue weighted by Gasteiger charge is 2.30. The maximum atomic E-state index is 12.5. The van der Waals surface area contributed by atoms with Gasteiger partial charge in [-0.25, -0.2) is 0 Å². The van der Waals surface area contributed by atoms with Gasteiger partial charge in [0, 0.05) is 12.6 Å². The van der Waals surface area contributed by atoms with Crippen LogP contribution in [0.5, 0.6) is 0 Å². The summed E-state index contributed by atoms with van der Waals surface area (Å²) >= 11 is 0. The van der Waals surface area contributed by atoms with Crippen molar-refractivity contribution in [3.63, 3.8) is 0 Å². The topological polar surface area (TPSA) is 34.9 Å². The highest BCUT2D eigenvalue weighted by molar-refractivity contribution is 6.07. The fourth-order valence-corrected chi connectivity index (χ4v) is 1.87. The number of ketones is 1. The Morgan fingerprint density at radius 1 is 1.25 bits per heavy atom. The fraction of sp³-hybridized carbons (Fsp3) is 0.286. The highest BCUT2D eigenvalue weighted by Crippen LogP contribution is 2.29. The summed E-state index contributed by atoms with van der Waals surface area (Å²) < 4.78 is 38.8. The Balaban J connectivity index is 2.31. The Hall–Kier alpha value is -2.11. The Bertz CT molecular complexity index is 627.